The molecule has 11 heteroatoms. The summed E-state index contributed by atoms with van der Waals surface area (Å²) in [5, 5.41) is 2.94. The van der Waals surface area contributed by atoms with Gasteiger partial charge in [-0.25, -0.2) is 9.78 Å². The number of ether oxygens (including phenoxy) is 4. The second kappa shape index (κ2) is 10.6. The van der Waals surface area contributed by atoms with Crippen LogP contribution in [-0.2, 0) is 4.74 Å². The van der Waals surface area contributed by atoms with Gasteiger partial charge in [0.1, 0.15) is 5.82 Å². The predicted octanol–water partition coefficient (Wildman–Crippen LogP) is 2.00. The van der Waals surface area contributed by atoms with E-state index in [0.29, 0.717) is 62.3 Å². The molecule has 11 nitrogen and oxygen atoms in total. The largest absolute Gasteiger partial charge is 0.493 e. The summed E-state index contributed by atoms with van der Waals surface area (Å²) in [4.78, 5) is 28.5. The molecule has 0 bridgehead atoms. The van der Waals surface area contributed by atoms with Gasteiger partial charge in [-0.3, -0.25) is 0 Å². The van der Waals surface area contributed by atoms with E-state index in [1.54, 1.807) is 38.4 Å². The highest BCUT2D eigenvalue weighted by Crippen LogP contribution is 2.40. The van der Waals surface area contributed by atoms with Crippen LogP contribution in [-0.4, -0.2) is 94.7 Å². The number of rotatable bonds is 6. The van der Waals surface area contributed by atoms with Crippen LogP contribution in [0, 0.1) is 6.92 Å². The Labute approximate surface area is 199 Å². The molecule has 1 aromatic heterocycles. The molecule has 2 fully saturated rings. The molecule has 0 aliphatic carbocycles. The van der Waals surface area contributed by atoms with Gasteiger partial charge < -0.3 is 39.0 Å². The Hall–Kier alpha value is -3.47. The number of hydrogen-bond donors (Lipinski definition) is 1. The summed E-state index contributed by atoms with van der Waals surface area (Å²) in [5.74, 6) is 3.07. The predicted molar refractivity (Wildman–Crippen MR) is 129 cm³/mol. The fourth-order valence-electron chi connectivity index (χ4n) is 4.10. The number of carbonyl (C=O) groups is 1. The number of carbonyl (C=O) groups excluding carboxylic acids is 1. The fourth-order valence-corrected chi connectivity index (χ4v) is 4.10. The summed E-state index contributed by atoms with van der Waals surface area (Å²) < 4.78 is 21.5. The van der Waals surface area contributed by atoms with E-state index in [9.17, 15) is 4.79 Å². The standard InChI is InChI=1S/C23H32N6O5/c1-16-13-20(26-22(24-16)28-9-11-34-12-10-28)27-5-7-29(8-6-27)23(30)25-17-14-18(31-2)21(33-4)19(15-17)32-3/h13-15H,5-12H2,1-4H3,(H,25,30). The minimum absolute atomic E-state index is 0.179. The van der Waals surface area contributed by atoms with Crippen molar-refractivity contribution < 1.29 is 23.7 Å². The van der Waals surface area contributed by atoms with Crippen LogP contribution in [0.2, 0.25) is 0 Å². The Morgan fingerprint density at radius 3 is 2.12 bits per heavy atom. The molecule has 2 aliphatic heterocycles. The molecule has 0 saturated carbocycles. The molecule has 2 amide bonds. The highest BCUT2D eigenvalue weighted by Gasteiger charge is 2.24. The van der Waals surface area contributed by atoms with Crippen molar-refractivity contribution in [3.63, 3.8) is 0 Å². The molecule has 4 rings (SSSR count). The van der Waals surface area contributed by atoms with Gasteiger partial charge in [-0.15, -0.1) is 0 Å². The number of aromatic nitrogens is 2. The van der Waals surface area contributed by atoms with Crippen molar-refractivity contribution in [3.05, 3.63) is 23.9 Å². The molecule has 3 heterocycles. The zero-order chi connectivity index (χ0) is 24.1. The van der Waals surface area contributed by atoms with Crippen molar-refractivity contribution >= 4 is 23.5 Å². The van der Waals surface area contributed by atoms with Gasteiger partial charge in [0.05, 0.1) is 40.2 Å². The van der Waals surface area contributed by atoms with Crippen LogP contribution in [0.3, 0.4) is 0 Å². The third-order valence-corrected chi connectivity index (χ3v) is 5.93. The van der Waals surface area contributed by atoms with Gasteiger partial charge in [-0.1, -0.05) is 0 Å². The number of benzene rings is 1. The summed E-state index contributed by atoms with van der Waals surface area (Å²) in [5.41, 5.74) is 1.50. The first-order valence-electron chi connectivity index (χ1n) is 11.3. The molecular formula is C23H32N6O5. The number of anilines is 3. The summed E-state index contributed by atoms with van der Waals surface area (Å²) in [6, 6.07) is 5.25. The van der Waals surface area contributed by atoms with Crippen LogP contribution < -0.4 is 29.3 Å². The lowest BCUT2D eigenvalue weighted by Crippen LogP contribution is -2.50. The number of nitrogens with zero attached hydrogens (tertiary/aromatic N) is 5. The lowest BCUT2D eigenvalue weighted by Gasteiger charge is -2.36. The molecule has 2 saturated heterocycles. The first-order valence-corrected chi connectivity index (χ1v) is 11.3. The zero-order valence-corrected chi connectivity index (χ0v) is 20.2. The van der Waals surface area contributed by atoms with Crippen molar-refractivity contribution in [2.45, 2.75) is 6.92 Å². The van der Waals surface area contributed by atoms with Gasteiger partial charge in [0.2, 0.25) is 11.7 Å². The average Bonchev–Trinajstić information content (AvgIpc) is 2.88. The van der Waals surface area contributed by atoms with E-state index in [-0.39, 0.29) is 6.03 Å². The lowest BCUT2D eigenvalue weighted by molar-refractivity contribution is 0.122. The van der Waals surface area contributed by atoms with Gasteiger partial charge >= 0.3 is 6.03 Å². The summed E-state index contributed by atoms with van der Waals surface area (Å²) >= 11 is 0. The SMILES string of the molecule is COc1cc(NC(=O)N2CCN(c3cc(C)nc(N4CCOCC4)n3)CC2)cc(OC)c1OC. The van der Waals surface area contributed by atoms with Crippen LogP contribution in [0.15, 0.2) is 18.2 Å². The summed E-state index contributed by atoms with van der Waals surface area (Å²) in [6.45, 7) is 7.45. The topological polar surface area (TPSA) is 102 Å². The van der Waals surface area contributed by atoms with E-state index < -0.39 is 0 Å². The van der Waals surface area contributed by atoms with Crippen molar-refractivity contribution in [3.8, 4) is 17.2 Å². The maximum Gasteiger partial charge on any atom is 0.321 e. The molecule has 0 unspecified atom stereocenters. The van der Waals surface area contributed by atoms with Gasteiger partial charge in [0.15, 0.2) is 11.5 Å². The smallest absolute Gasteiger partial charge is 0.321 e. The normalized spacial score (nSPS) is 16.3. The molecule has 2 aliphatic rings. The second-order valence-corrected chi connectivity index (χ2v) is 8.09. The number of nitrogens with one attached hydrogen (secondary N) is 1. The number of hydrogen-bond acceptors (Lipinski definition) is 9. The maximum absolute atomic E-state index is 12.9. The Bertz CT molecular complexity index is 980. The molecular weight excluding hydrogens is 440 g/mol. The third-order valence-electron chi connectivity index (χ3n) is 5.93. The van der Waals surface area contributed by atoms with Crippen molar-refractivity contribution in [1.82, 2.24) is 14.9 Å². The Kier molecular flexibility index (Phi) is 7.41. The first kappa shape index (κ1) is 23.7. The Balaban J connectivity index is 1.39. The van der Waals surface area contributed by atoms with Gasteiger partial charge in [-0.2, -0.15) is 4.98 Å². The quantitative estimate of drug-likeness (QED) is 0.676. The highest BCUT2D eigenvalue weighted by molar-refractivity contribution is 5.90. The van der Waals surface area contributed by atoms with E-state index in [0.717, 1.165) is 30.5 Å². The van der Waals surface area contributed by atoms with Crippen LogP contribution in [0.5, 0.6) is 17.2 Å². The van der Waals surface area contributed by atoms with E-state index in [1.165, 1.54) is 0 Å². The molecule has 1 aromatic carbocycles. The molecule has 0 atom stereocenters. The second-order valence-electron chi connectivity index (χ2n) is 8.09. The van der Waals surface area contributed by atoms with Gasteiger partial charge in [-0.05, 0) is 6.92 Å². The lowest BCUT2D eigenvalue weighted by atomic mass is 10.2. The monoisotopic (exact) mass is 472 g/mol. The minimum atomic E-state index is -0.179. The van der Waals surface area contributed by atoms with Gasteiger partial charge in [0.25, 0.3) is 0 Å². The number of aryl methyl sites for hydroxylation is 1. The number of amides is 2. The van der Waals surface area contributed by atoms with E-state index >= 15 is 0 Å². The number of piperazine rings is 1. The fraction of sp³-hybridized carbons (Fsp3) is 0.522. The van der Waals surface area contributed by atoms with E-state index in [2.05, 4.69) is 20.1 Å². The minimum Gasteiger partial charge on any atom is -0.493 e. The number of urea groups is 1. The van der Waals surface area contributed by atoms with Crippen LogP contribution in [0.25, 0.3) is 0 Å². The van der Waals surface area contributed by atoms with Crippen molar-refractivity contribution in [2.75, 3.05) is 88.9 Å². The Morgan fingerprint density at radius 1 is 0.882 bits per heavy atom. The van der Waals surface area contributed by atoms with Gasteiger partial charge in [0, 0.05) is 63.2 Å². The van der Waals surface area contributed by atoms with E-state index in [4.69, 9.17) is 23.9 Å². The number of morpholine rings is 1. The maximum atomic E-state index is 12.9. The van der Waals surface area contributed by atoms with E-state index in [1.807, 2.05) is 13.0 Å². The number of methoxy groups -OCH3 is 3. The van der Waals surface area contributed by atoms with Crippen LogP contribution in [0.4, 0.5) is 22.2 Å². The molecule has 184 valence electrons. The summed E-state index contributed by atoms with van der Waals surface area (Å²) in [6.07, 6.45) is 0. The van der Waals surface area contributed by atoms with Crippen molar-refractivity contribution in [1.29, 1.82) is 0 Å². The Morgan fingerprint density at radius 2 is 1.53 bits per heavy atom. The summed E-state index contributed by atoms with van der Waals surface area (Å²) in [7, 11) is 4.63. The zero-order valence-electron chi connectivity index (χ0n) is 20.2. The first-order chi connectivity index (χ1) is 16.5. The molecule has 34 heavy (non-hydrogen) atoms. The molecule has 2 aromatic rings. The highest BCUT2D eigenvalue weighted by atomic mass is 16.5. The van der Waals surface area contributed by atoms with Crippen molar-refractivity contribution in [2.24, 2.45) is 0 Å². The molecule has 0 radical (unpaired) electrons. The van der Waals surface area contributed by atoms with Crippen LogP contribution in [0.1, 0.15) is 5.69 Å². The average molecular weight is 473 g/mol. The molecule has 1 N–H and O–H groups in total. The molecule has 0 spiro atoms. The third kappa shape index (κ3) is 5.19. The van der Waals surface area contributed by atoms with Crippen LogP contribution >= 0.6 is 0 Å².